The van der Waals surface area contributed by atoms with E-state index < -0.39 is 5.60 Å². The number of nitrogen functional groups attached to an aromatic ring is 1. The minimum absolute atomic E-state index is 0.163. The standard InChI is InChI=1S/C32H44N6O3/c1-30(2,3)41-29(40)38-18-32(19-38)13-21(14-32)37-16-31(17-37)11-20(12-31)36-9-8-26-24(15-36)23(28(34)35-26)10-25(33)22-6-4-5-7-27(22)39/h4-7,10,20-21,35,39H,8-9,11-19,33-34H2,1-3H3/b25-10-. The zero-order valence-electron chi connectivity index (χ0n) is 24.6. The zero-order chi connectivity index (χ0) is 28.7. The monoisotopic (exact) mass is 560 g/mol. The highest BCUT2D eigenvalue weighted by molar-refractivity contribution is 5.86. The molecule has 9 heteroatoms. The van der Waals surface area contributed by atoms with E-state index in [1.54, 1.807) is 12.1 Å². The molecular formula is C32H44N6O3. The van der Waals surface area contributed by atoms with Crippen LogP contribution in [0.3, 0.4) is 0 Å². The molecular weight excluding hydrogens is 516 g/mol. The van der Waals surface area contributed by atoms with E-state index in [0.29, 0.717) is 40.0 Å². The molecule has 2 saturated heterocycles. The highest BCUT2D eigenvalue weighted by atomic mass is 16.6. The summed E-state index contributed by atoms with van der Waals surface area (Å²) in [5.41, 5.74) is 17.7. The van der Waals surface area contributed by atoms with E-state index in [4.69, 9.17) is 16.2 Å². The Morgan fingerprint density at radius 1 is 1.05 bits per heavy atom. The van der Waals surface area contributed by atoms with Gasteiger partial charge in [-0.1, -0.05) is 12.1 Å². The van der Waals surface area contributed by atoms with Gasteiger partial charge >= 0.3 is 6.09 Å². The van der Waals surface area contributed by atoms with Crippen LogP contribution in [0.5, 0.6) is 5.75 Å². The molecule has 2 aromatic rings. The number of carbonyl (C=O) groups is 1. The zero-order valence-corrected chi connectivity index (χ0v) is 24.6. The van der Waals surface area contributed by atoms with Crippen LogP contribution in [0.25, 0.3) is 11.8 Å². The number of benzene rings is 1. The van der Waals surface area contributed by atoms with Crippen molar-refractivity contribution >= 4 is 23.7 Å². The van der Waals surface area contributed by atoms with Gasteiger partial charge in [0.15, 0.2) is 0 Å². The summed E-state index contributed by atoms with van der Waals surface area (Å²) in [5, 5.41) is 10.2. The smallest absolute Gasteiger partial charge is 0.410 e. The summed E-state index contributed by atoms with van der Waals surface area (Å²) in [7, 11) is 0. The lowest BCUT2D eigenvalue weighted by molar-refractivity contribution is -0.177. The Morgan fingerprint density at radius 3 is 2.34 bits per heavy atom. The van der Waals surface area contributed by atoms with Crippen LogP contribution in [-0.4, -0.2) is 81.3 Å². The Morgan fingerprint density at radius 2 is 1.68 bits per heavy atom. The van der Waals surface area contributed by atoms with Gasteiger partial charge in [0.2, 0.25) is 0 Å². The number of phenols is 1. The maximum absolute atomic E-state index is 12.3. The molecule has 0 bridgehead atoms. The SMILES string of the molecule is CC(C)(C)OC(=O)N1CC2(CC(N3CC4(CC(N5CCc6[nH]c(N)c(/C=C(\N)c7ccccc7O)c6C5)C4)C3)C2)C1. The highest BCUT2D eigenvalue weighted by Crippen LogP contribution is 2.57. The van der Waals surface area contributed by atoms with Crippen molar-refractivity contribution in [3.05, 3.63) is 46.6 Å². The molecule has 2 saturated carbocycles. The van der Waals surface area contributed by atoms with Crippen molar-refractivity contribution in [2.24, 2.45) is 16.6 Å². The normalized spacial score (nSPS) is 24.4. The van der Waals surface area contributed by atoms with Crippen LogP contribution in [0.2, 0.25) is 0 Å². The number of anilines is 1. The van der Waals surface area contributed by atoms with Crippen molar-refractivity contribution in [2.45, 2.75) is 77.1 Å². The second-order valence-corrected chi connectivity index (χ2v) is 14.6. The number of likely N-dealkylation sites (tertiary alicyclic amines) is 2. The lowest BCUT2D eigenvalue weighted by Crippen LogP contribution is -2.74. The van der Waals surface area contributed by atoms with Crippen LogP contribution in [0.1, 0.15) is 68.8 Å². The summed E-state index contributed by atoms with van der Waals surface area (Å²) in [6.07, 6.45) is 7.69. The summed E-state index contributed by atoms with van der Waals surface area (Å²) >= 11 is 0. The molecule has 1 aromatic carbocycles. The van der Waals surface area contributed by atoms with Crippen LogP contribution >= 0.6 is 0 Å². The number of phenolic OH excluding ortho intramolecular Hbond substituents is 1. The van der Waals surface area contributed by atoms with Crippen molar-refractivity contribution < 1.29 is 14.6 Å². The van der Waals surface area contributed by atoms with Crippen LogP contribution in [0.4, 0.5) is 10.6 Å². The van der Waals surface area contributed by atoms with Gasteiger partial charge in [0, 0.05) is 85.7 Å². The lowest BCUT2D eigenvalue weighted by Gasteiger charge is -2.68. The molecule has 3 aliphatic heterocycles. The van der Waals surface area contributed by atoms with E-state index in [2.05, 4.69) is 14.8 Å². The summed E-state index contributed by atoms with van der Waals surface area (Å²) in [6.45, 7) is 11.9. The van der Waals surface area contributed by atoms with Gasteiger partial charge in [0.25, 0.3) is 0 Å². The lowest BCUT2D eigenvalue weighted by atomic mass is 9.55. The van der Waals surface area contributed by atoms with Gasteiger partial charge in [-0.2, -0.15) is 0 Å². The third-order valence-electron chi connectivity index (χ3n) is 10.3. The van der Waals surface area contributed by atoms with E-state index in [1.165, 1.54) is 50.0 Å². The maximum Gasteiger partial charge on any atom is 0.410 e. The number of aromatic hydroxyl groups is 1. The van der Waals surface area contributed by atoms with Gasteiger partial charge in [-0.25, -0.2) is 4.79 Å². The van der Waals surface area contributed by atoms with E-state index in [9.17, 15) is 9.90 Å². The quantitative estimate of drug-likeness (QED) is 0.446. The molecule has 7 rings (SSSR count). The van der Waals surface area contributed by atoms with Gasteiger partial charge in [0.05, 0.1) is 0 Å². The summed E-state index contributed by atoms with van der Waals surface area (Å²) in [4.78, 5) is 22.9. The predicted molar refractivity (Wildman–Crippen MR) is 160 cm³/mol. The number of H-pyrrole nitrogens is 1. The fourth-order valence-corrected chi connectivity index (χ4v) is 8.19. The van der Waals surface area contributed by atoms with Crippen LogP contribution < -0.4 is 11.5 Å². The molecule has 0 unspecified atom stereocenters. The summed E-state index contributed by atoms with van der Waals surface area (Å²) < 4.78 is 5.53. The van der Waals surface area contributed by atoms with Crippen molar-refractivity contribution in [1.29, 1.82) is 0 Å². The number of ether oxygens (including phenoxy) is 1. The average Bonchev–Trinajstić information content (AvgIpc) is 3.10. The second kappa shape index (κ2) is 9.16. The first-order chi connectivity index (χ1) is 19.4. The Kier molecular flexibility index (Phi) is 5.97. The van der Waals surface area contributed by atoms with Gasteiger partial charge in [-0.3, -0.25) is 9.80 Å². The Balaban J connectivity index is 0.903. The first kappa shape index (κ1) is 26.7. The summed E-state index contributed by atoms with van der Waals surface area (Å²) in [5.74, 6) is 0.821. The Hall–Kier alpha value is -3.17. The van der Waals surface area contributed by atoms with Crippen molar-refractivity contribution in [1.82, 2.24) is 19.7 Å². The predicted octanol–water partition coefficient (Wildman–Crippen LogP) is 3.98. The number of nitrogens with two attached hydrogens (primary N) is 2. The maximum atomic E-state index is 12.3. The average molecular weight is 561 g/mol. The molecule has 1 amide bonds. The number of para-hydroxylation sites is 1. The van der Waals surface area contributed by atoms with E-state index >= 15 is 0 Å². The molecule has 9 nitrogen and oxygen atoms in total. The van der Waals surface area contributed by atoms with E-state index in [-0.39, 0.29) is 11.8 Å². The fourth-order valence-electron chi connectivity index (χ4n) is 8.19. The molecule has 5 aliphatic rings. The van der Waals surface area contributed by atoms with Crippen LogP contribution in [-0.2, 0) is 17.7 Å². The van der Waals surface area contributed by atoms with E-state index in [1.807, 2.05) is 43.9 Å². The molecule has 2 spiro atoms. The van der Waals surface area contributed by atoms with Crippen molar-refractivity contribution in [3.63, 3.8) is 0 Å². The number of carbonyl (C=O) groups excluding carboxylic acids is 1. The minimum Gasteiger partial charge on any atom is -0.507 e. The number of fused-ring (bicyclic) bond motifs is 1. The molecule has 4 heterocycles. The highest BCUT2D eigenvalue weighted by Gasteiger charge is 2.61. The number of amides is 1. The molecule has 220 valence electrons. The number of nitrogens with zero attached hydrogens (tertiary/aromatic N) is 3. The second-order valence-electron chi connectivity index (χ2n) is 14.6. The number of nitrogens with one attached hydrogen (secondary N) is 1. The first-order valence-electron chi connectivity index (χ1n) is 15.1. The number of hydrogen-bond donors (Lipinski definition) is 4. The number of rotatable bonds is 4. The topological polar surface area (TPSA) is 124 Å². The molecule has 2 aliphatic carbocycles. The van der Waals surface area contributed by atoms with E-state index in [0.717, 1.165) is 38.2 Å². The van der Waals surface area contributed by atoms with Gasteiger partial charge in [-0.05, 0) is 75.6 Å². The molecule has 0 atom stereocenters. The van der Waals surface area contributed by atoms with Crippen LogP contribution in [0.15, 0.2) is 24.3 Å². The Bertz CT molecular complexity index is 1380. The third kappa shape index (κ3) is 4.67. The molecule has 4 fully saturated rings. The molecule has 0 radical (unpaired) electrons. The number of hydrogen-bond acceptors (Lipinski definition) is 7. The number of aromatic nitrogens is 1. The first-order valence-corrected chi connectivity index (χ1v) is 15.1. The minimum atomic E-state index is -0.430. The van der Waals surface area contributed by atoms with Crippen molar-refractivity contribution in [3.8, 4) is 5.75 Å². The summed E-state index contributed by atoms with van der Waals surface area (Å²) in [6, 6.07) is 8.45. The molecule has 6 N–H and O–H groups in total. The van der Waals surface area contributed by atoms with Crippen LogP contribution in [0, 0.1) is 10.8 Å². The third-order valence-corrected chi connectivity index (χ3v) is 10.3. The Labute approximate surface area is 242 Å². The fraction of sp³-hybridized carbons (Fsp3) is 0.594. The molecule has 1 aromatic heterocycles. The van der Waals surface area contributed by atoms with Gasteiger partial charge in [-0.15, -0.1) is 0 Å². The van der Waals surface area contributed by atoms with Gasteiger partial charge in [0.1, 0.15) is 17.2 Å². The van der Waals surface area contributed by atoms with Gasteiger partial charge < -0.3 is 31.2 Å². The number of aromatic amines is 1. The van der Waals surface area contributed by atoms with Crippen molar-refractivity contribution in [2.75, 3.05) is 38.5 Å². The molecule has 41 heavy (non-hydrogen) atoms. The largest absolute Gasteiger partial charge is 0.507 e.